The quantitative estimate of drug-likeness (QED) is 0.913. The third-order valence-corrected chi connectivity index (χ3v) is 4.28. The molecule has 4 rings (SSSR count). The summed E-state index contributed by atoms with van der Waals surface area (Å²) in [6, 6.07) is 5.85. The fourth-order valence-corrected chi connectivity index (χ4v) is 2.70. The van der Waals surface area contributed by atoms with E-state index >= 15 is 0 Å². The van der Waals surface area contributed by atoms with E-state index in [1.165, 1.54) is 19.3 Å². The number of anilines is 1. The van der Waals surface area contributed by atoms with Crippen molar-refractivity contribution in [2.45, 2.75) is 38.8 Å². The fourth-order valence-electron chi connectivity index (χ4n) is 2.70. The molecule has 0 radical (unpaired) electrons. The number of aromatic nitrogens is 3. The zero-order chi connectivity index (χ0) is 14.3. The van der Waals surface area contributed by atoms with Crippen molar-refractivity contribution < 1.29 is 4.74 Å². The van der Waals surface area contributed by atoms with E-state index in [9.17, 15) is 0 Å². The fraction of sp³-hybridized carbons (Fsp3) is 0.438. The second-order valence-electron chi connectivity index (χ2n) is 6.03. The first-order valence-electron chi connectivity index (χ1n) is 7.39. The van der Waals surface area contributed by atoms with Crippen molar-refractivity contribution in [3.05, 3.63) is 42.0 Å². The van der Waals surface area contributed by atoms with Crippen LogP contribution in [0.5, 0.6) is 5.88 Å². The second kappa shape index (κ2) is 4.69. The molecule has 5 heteroatoms. The van der Waals surface area contributed by atoms with Crippen molar-refractivity contribution in [3.8, 4) is 5.88 Å². The Morgan fingerprint density at radius 3 is 3.00 bits per heavy atom. The number of aryl methyl sites for hydroxylation is 1. The van der Waals surface area contributed by atoms with Gasteiger partial charge in [-0.2, -0.15) is 4.98 Å². The Bertz CT molecular complexity index is 655. The molecule has 108 valence electrons. The van der Waals surface area contributed by atoms with Gasteiger partial charge >= 0.3 is 0 Å². The van der Waals surface area contributed by atoms with Crippen LogP contribution in [0.25, 0.3) is 0 Å². The van der Waals surface area contributed by atoms with Crippen molar-refractivity contribution in [1.29, 1.82) is 0 Å². The molecular formula is C16H18N4O. The van der Waals surface area contributed by atoms with Crippen molar-refractivity contribution in [1.82, 2.24) is 15.0 Å². The van der Waals surface area contributed by atoms with Gasteiger partial charge in [-0.05, 0) is 37.8 Å². The molecule has 1 atom stereocenters. The highest BCUT2D eigenvalue weighted by Crippen LogP contribution is 2.67. The van der Waals surface area contributed by atoms with Gasteiger partial charge in [-0.15, -0.1) is 0 Å². The average molecular weight is 282 g/mol. The summed E-state index contributed by atoms with van der Waals surface area (Å²) in [6.07, 6.45) is 7.81. The minimum Gasteiger partial charge on any atom is -0.474 e. The van der Waals surface area contributed by atoms with Crippen molar-refractivity contribution in [2.24, 2.45) is 5.41 Å². The van der Waals surface area contributed by atoms with Crippen LogP contribution < -0.4 is 10.1 Å². The van der Waals surface area contributed by atoms with Gasteiger partial charge < -0.3 is 10.1 Å². The molecule has 2 aliphatic carbocycles. The predicted molar refractivity (Wildman–Crippen MR) is 79.0 cm³/mol. The van der Waals surface area contributed by atoms with Crippen LogP contribution in [-0.4, -0.2) is 21.1 Å². The lowest BCUT2D eigenvalue weighted by Crippen LogP contribution is -2.07. The van der Waals surface area contributed by atoms with Gasteiger partial charge in [-0.25, -0.2) is 4.98 Å². The molecule has 2 saturated carbocycles. The number of rotatable bonds is 5. The van der Waals surface area contributed by atoms with Gasteiger partial charge in [-0.1, -0.05) is 6.07 Å². The van der Waals surface area contributed by atoms with Gasteiger partial charge in [0.2, 0.25) is 5.88 Å². The molecule has 0 aromatic carbocycles. The maximum Gasteiger partial charge on any atom is 0.219 e. The minimum absolute atomic E-state index is 0.373. The van der Waals surface area contributed by atoms with Crippen LogP contribution >= 0.6 is 0 Å². The van der Waals surface area contributed by atoms with Crippen LogP contribution in [0.3, 0.4) is 0 Å². The largest absolute Gasteiger partial charge is 0.474 e. The van der Waals surface area contributed by atoms with E-state index in [1.54, 1.807) is 6.20 Å². The summed E-state index contributed by atoms with van der Waals surface area (Å²) in [4.78, 5) is 12.9. The lowest BCUT2D eigenvalue weighted by Gasteiger charge is -2.09. The first kappa shape index (κ1) is 12.6. The summed E-state index contributed by atoms with van der Waals surface area (Å²) in [7, 11) is 0. The lowest BCUT2D eigenvalue weighted by atomic mass is 10.3. The van der Waals surface area contributed by atoms with Gasteiger partial charge in [0.15, 0.2) is 0 Å². The Kier molecular flexibility index (Phi) is 2.80. The Morgan fingerprint density at radius 2 is 2.29 bits per heavy atom. The maximum absolute atomic E-state index is 5.97. The van der Waals surface area contributed by atoms with E-state index in [0.717, 1.165) is 17.2 Å². The van der Waals surface area contributed by atoms with Gasteiger partial charge in [0.05, 0.1) is 0 Å². The summed E-state index contributed by atoms with van der Waals surface area (Å²) in [5.41, 5.74) is 1.64. The first-order chi connectivity index (χ1) is 10.2. The lowest BCUT2D eigenvalue weighted by molar-refractivity contribution is 0.268. The summed E-state index contributed by atoms with van der Waals surface area (Å²) < 4.78 is 5.97. The maximum atomic E-state index is 5.97. The van der Waals surface area contributed by atoms with E-state index < -0.39 is 0 Å². The molecule has 0 bridgehead atoms. The van der Waals surface area contributed by atoms with Crippen molar-refractivity contribution in [3.63, 3.8) is 0 Å². The van der Waals surface area contributed by atoms with Crippen LogP contribution in [0.15, 0.2) is 30.6 Å². The van der Waals surface area contributed by atoms with Crippen LogP contribution in [0.4, 0.5) is 5.82 Å². The number of ether oxygens (including phenoxy) is 1. The van der Waals surface area contributed by atoms with Gasteiger partial charge in [0, 0.05) is 30.4 Å². The smallest absolute Gasteiger partial charge is 0.219 e. The average Bonchev–Trinajstić information content (AvgIpc) is 3.39. The molecule has 0 unspecified atom stereocenters. The summed E-state index contributed by atoms with van der Waals surface area (Å²) >= 11 is 0. The van der Waals surface area contributed by atoms with Crippen molar-refractivity contribution in [2.75, 3.05) is 5.32 Å². The Balaban J connectivity index is 1.43. The molecule has 2 aromatic heterocycles. The van der Waals surface area contributed by atoms with E-state index in [0.29, 0.717) is 23.9 Å². The highest BCUT2D eigenvalue weighted by atomic mass is 16.5. The standard InChI is InChI=1S/C16H18N4O/c1-11-19-14(18-10-12-3-2-6-17-9-12)7-15(20-11)21-13-8-16(13)4-5-16/h2-3,6-7,9,13H,4-5,8,10H2,1H3,(H,18,19,20)/t13-/m1/s1. The summed E-state index contributed by atoms with van der Waals surface area (Å²) in [5.74, 6) is 2.21. The van der Waals surface area contributed by atoms with Crippen LogP contribution in [0.1, 0.15) is 30.7 Å². The third-order valence-electron chi connectivity index (χ3n) is 4.28. The molecule has 2 fully saturated rings. The van der Waals surface area contributed by atoms with Crippen LogP contribution in [0, 0.1) is 12.3 Å². The molecule has 1 spiro atoms. The zero-order valence-electron chi connectivity index (χ0n) is 12.0. The molecule has 0 amide bonds. The normalized spacial score (nSPS) is 21.1. The van der Waals surface area contributed by atoms with Gasteiger partial charge in [0.25, 0.3) is 0 Å². The molecule has 1 N–H and O–H groups in total. The SMILES string of the molecule is Cc1nc(NCc2cccnc2)cc(O[C@@H]2CC23CC3)n1. The minimum atomic E-state index is 0.373. The second-order valence-corrected chi connectivity index (χ2v) is 6.03. The number of pyridine rings is 1. The topological polar surface area (TPSA) is 59.9 Å². The molecule has 0 saturated heterocycles. The Labute approximate surface area is 123 Å². The summed E-state index contributed by atoms with van der Waals surface area (Å²) in [6.45, 7) is 2.58. The predicted octanol–water partition coefficient (Wildman–Crippen LogP) is 2.72. The number of nitrogens with one attached hydrogen (secondary N) is 1. The van der Waals surface area contributed by atoms with Crippen LogP contribution in [-0.2, 0) is 6.54 Å². The van der Waals surface area contributed by atoms with Gasteiger partial charge in [0.1, 0.15) is 17.7 Å². The molecule has 5 nitrogen and oxygen atoms in total. The molecule has 2 heterocycles. The summed E-state index contributed by atoms with van der Waals surface area (Å²) in [5, 5.41) is 3.30. The van der Waals surface area contributed by atoms with Crippen LogP contribution in [0.2, 0.25) is 0 Å². The van der Waals surface area contributed by atoms with E-state index in [1.807, 2.05) is 31.3 Å². The third kappa shape index (κ3) is 2.68. The molecule has 0 aliphatic heterocycles. The molecular weight excluding hydrogens is 264 g/mol. The van der Waals surface area contributed by atoms with Crippen molar-refractivity contribution >= 4 is 5.82 Å². The molecule has 2 aromatic rings. The number of nitrogens with zero attached hydrogens (tertiary/aromatic N) is 3. The van der Waals surface area contributed by atoms with E-state index in [2.05, 4.69) is 20.3 Å². The first-order valence-corrected chi connectivity index (χ1v) is 7.39. The molecule has 2 aliphatic rings. The Hall–Kier alpha value is -2.17. The van der Waals surface area contributed by atoms with Gasteiger partial charge in [-0.3, -0.25) is 4.98 Å². The zero-order valence-corrected chi connectivity index (χ0v) is 12.0. The molecule has 21 heavy (non-hydrogen) atoms. The van der Waals surface area contributed by atoms with E-state index in [-0.39, 0.29) is 0 Å². The van der Waals surface area contributed by atoms with E-state index in [4.69, 9.17) is 4.74 Å². The number of hydrogen-bond acceptors (Lipinski definition) is 5. The Morgan fingerprint density at radius 1 is 1.38 bits per heavy atom. The number of hydrogen-bond donors (Lipinski definition) is 1. The highest BCUT2D eigenvalue weighted by molar-refractivity contribution is 5.39. The highest BCUT2D eigenvalue weighted by Gasteiger charge is 2.65. The monoisotopic (exact) mass is 282 g/mol.